The zero-order valence-corrected chi connectivity index (χ0v) is 10.3. The van der Waals surface area contributed by atoms with Gasteiger partial charge in [-0.15, -0.1) is 0 Å². The van der Waals surface area contributed by atoms with Crippen LogP contribution in [0.1, 0.15) is 12.6 Å². The molecule has 0 radical (unpaired) electrons. The maximum atomic E-state index is 13.7. The van der Waals surface area contributed by atoms with Gasteiger partial charge in [-0.2, -0.15) is 4.98 Å². The molecule has 1 aromatic heterocycles. The third kappa shape index (κ3) is 2.33. The molecule has 1 fully saturated rings. The number of rotatable bonds is 2. The number of alkyl halides is 1. The Morgan fingerprint density at radius 3 is 3.06 bits per heavy atom. The van der Waals surface area contributed by atoms with Crippen molar-refractivity contribution in [2.45, 2.75) is 24.9 Å². The number of aliphatic hydroxyl groups is 1. The summed E-state index contributed by atoms with van der Waals surface area (Å²) in [5.41, 5.74) is 4.75. The van der Waals surface area contributed by atoms with E-state index in [9.17, 15) is 9.18 Å². The largest absolute Gasteiger partial charge is 0.394 e. The highest BCUT2D eigenvalue weighted by Crippen LogP contribution is 2.30. The lowest BCUT2D eigenvalue weighted by Crippen LogP contribution is -2.31. The third-order valence-electron chi connectivity index (χ3n) is 2.54. The smallest absolute Gasteiger partial charge is 0.351 e. The summed E-state index contributed by atoms with van der Waals surface area (Å²) in [6.45, 7) is -0.282. The second-order valence-corrected chi connectivity index (χ2v) is 4.60. The Bertz CT molecular complexity index is 481. The molecule has 1 aliphatic heterocycles. The minimum atomic E-state index is -1.36. The monoisotopic (exact) mass is 307 g/mol. The fraction of sp³-hybridized carbons (Fsp3) is 0.556. The molecule has 8 heteroatoms. The lowest BCUT2D eigenvalue weighted by atomic mass is 10.2. The van der Waals surface area contributed by atoms with Gasteiger partial charge in [0.1, 0.15) is 12.0 Å². The van der Waals surface area contributed by atoms with Crippen molar-refractivity contribution in [3.63, 3.8) is 0 Å². The van der Waals surface area contributed by atoms with Crippen molar-refractivity contribution in [3.8, 4) is 0 Å². The Morgan fingerprint density at radius 1 is 1.76 bits per heavy atom. The van der Waals surface area contributed by atoms with Crippen LogP contribution < -0.4 is 11.4 Å². The Balaban J connectivity index is 2.35. The minimum Gasteiger partial charge on any atom is -0.394 e. The molecule has 1 aliphatic rings. The van der Waals surface area contributed by atoms with Gasteiger partial charge in [0, 0.05) is 12.6 Å². The van der Waals surface area contributed by atoms with E-state index in [0.717, 1.165) is 4.57 Å². The van der Waals surface area contributed by atoms with E-state index in [1.54, 1.807) is 0 Å². The van der Waals surface area contributed by atoms with Gasteiger partial charge in [0.25, 0.3) is 0 Å². The summed E-state index contributed by atoms with van der Waals surface area (Å²) in [6, 6.07) is 0. The molecule has 17 heavy (non-hydrogen) atoms. The first-order valence-corrected chi connectivity index (χ1v) is 5.76. The number of nitrogens with two attached hydrogens (primary N) is 1. The average molecular weight is 308 g/mol. The molecule has 0 unspecified atom stereocenters. The van der Waals surface area contributed by atoms with Crippen LogP contribution >= 0.6 is 15.9 Å². The Kier molecular flexibility index (Phi) is 3.45. The fourth-order valence-electron chi connectivity index (χ4n) is 1.70. The molecule has 3 atom stereocenters. The van der Waals surface area contributed by atoms with Crippen molar-refractivity contribution in [1.82, 2.24) is 9.55 Å². The van der Waals surface area contributed by atoms with Crippen molar-refractivity contribution >= 4 is 21.7 Å². The van der Waals surface area contributed by atoms with Crippen LogP contribution in [0.5, 0.6) is 0 Å². The summed E-state index contributed by atoms with van der Waals surface area (Å²) in [6.07, 6.45) is -1.64. The minimum absolute atomic E-state index is 0.0402. The summed E-state index contributed by atoms with van der Waals surface area (Å²) in [4.78, 5) is 15.1. The van der Waals surface area contributed by atoms with Crippen molar-refractivity contribution in [3.05, 3.63) is 21.2 Å². The highest BCUT2D eigenvalue weighted by atomic mass is 79.9. The number of anilines is 1. The Labute approximate surface area is 104 Å². The van der Waals surface area contributed by atoms with Crippen molar-refractivity contribution in [2.75, 3.05) is 12.3 Å². The lowest BCUT2D eigenvalue weighted by Gasteiger charge is -2.16. The van der Waals surface area contributed by atoms with Crippen molar-refractivity contribution in [2.24, 2.45) is 0 Å². The average Bonchev–Trinajstić information content (AvgIpc) is 2.65. The first-order valence-electron chi connectivity index (χ1n) is 4.97. The molecule has 2 rings (SSSR count). The molecule has 1 saturated heterocycles. The van der Waals surface area contributed by atoms with E-state index in [4.69, 9.17) is 15.6 Å². The zero-order valence-electron chi connectivity index (χ0n) is 8.72. The molecular formula is C9H11BrFN3O3. The van der Waals surface area contributed by atoms with E-state index in [2.05, 4.69) is 20.9 Å². The SMILES string of the molecule is Nc1nc(=O)n([C@@H]2O[C@H](CO)C[C@H]2F)cc1Br. The zero-order chi connectivity index (χ0) is 12.6. The molecule has 0 saturated carbocycles. The highest BCUT2D eigenvalue weighted by Gasteiger charge is 2.37. The molecule has 6 nitrogen and oxygen atoms in total. The molecule has 94 valence electrons. The molecule has 2 heterocycles. The fourth-order valence-corrected chi connectivity index (χ4v) is 2.01. The predicted octanol–water partition coefficient (Wildman–Crippen LogP) is 0.206. The van der Waals surface area contributed by atoms with Crippen LogP contribution in [0.4, 0.5) is 10.2 Å². The van der Waals surface area contributed by atoms with Gasteiger partial charge in [-0.3, -0.25) is 4.57 Å². The summed E-state index contributed by atoms with van der Waals surface area (Å²) in [5.74, 6) is 0.0402. The first-order chi connectivity index (χ1) is 8.02. The van der Waals surface area contributed by atoms with Crippen LogP contribution in [-0.2, 0) is 4.74 Å². The number of aromatic nitrogens is 2. The highest BCUT2D eigenvalue weighted by molar-refractivity contribution is 9.10. The quantitative estimate of drug-likeness (QED) is 0.815. The van der Waals surface area contributed by atoms with E-state index >= 15 is 0 Å². The number of nitrogen functional groups attached to an aromatic ring is 1. The number of aliphatic hydroxyl groups excluding tert-OH is 1. The second-order valence-electron chi connectivity index (χ2n) is 3.75. The lowest BCUT2D eigenvalue weighted by molar-refractivity contribution is -0.0394. The summed E-state index contributed by atoms with van der Waals surface area (Å²) in [7, 11) is 0. The summed E-state index contributed by atoms with van der Waals surface area (Å²) >= 11 is 3.10. The second kappa shape index (κ2) is 4.71. The Morgan fingerprint density at radius 2 is 2.47 bits per heavy atom. The van der Waals surface area contributed by atoms with Gasteiger partial charge in [-0.1, -0.05) is 0 Å². The van der Waals surface area contributed by atoms with E-state index in [1.165, 1.54) is 6.20 Å². The number of halogens is 2. The van der Waals surface area contributed by atoms with E-state index in [0.29, 0.717) is 4.47 Å². The van der Waals surface area contributed by atoms with Crippen LogP contribution in [0.25, 0.3) is 0 Å². The van der Waals surface area contributed by atoms with Gasteiger partial charge < -0.3 is 15.6 Å². The topological polar surface area (TPSA) is 90.4 Å². The van der Waals surface area contributed by atoms with Gasteiger partial charge in [0.2, 0.25) is 0 Å². The van der Waals surface area contributed by atoms with Gasteiger partial charge >= 0.3 is 5.69 Å². The summed E-state index contributed by atoms with van der Waals surface area (Å²) in [5, 5.41) is 8.89. The standard InChI is InChI=1S/C9H11BrFN3O3/c10-5-2-14(9(16)13-7(5)12)8-6(11)1-4(3-15)17-8/h2,4,6,8,15H,1,3H2,(H2,12,13,16)/t4-,6+,8+/m0/s1. The number of nitrogens with zero attached hydrogens (tertiary/aromatic N) is 2. The molecule has 0 aliphatic carbocycles. The number of hydrogen-bond acceptors (Lipinski definition) is 5. The molecule has 0 aromatic carbocycles. The van der Waals surface area contributed by atoms with E-state index < -0.39 is 24.2 Å². The molecule has 0 spiro atoms. The Hall–Kier alpha value is -0.990. The normalized spacial score (nSPS) is 28.5. The van der Waals surface area contributed by atoms with E-state index in [-0.39, 0.29) is 18.8 Å². The third-order valence-corrected chi connectivity index (χ3v) is 3.15. The van der Waals surface area contributed by atoms with Gasteiger partial charge in [0.15, 0.2) is 6.23 Å². The van der Waals surface area contributed by atoms with Crippen LogP contribution in [0.3, 0.4) is 0 Å². The maximum absolute atomic E-state index is 13.7. The molecule has 0 bridgehead atoms. The number of ether oxygens (including phenoxy) is 1. The van der Waals surface area contributed by atoms with Crippen LogP contribution in [-0.4, -0.2) is 33.5 Å². The molecule has 0 amide bonds. The van der Waals surface area contributed by atoms with E-state index in [1.807, 2.05) is 0 Å². The van der Waals surface area contributed by atoms with Crippen molar-refractivity contribution < 1.29 is 14.2 Å². The van der Waals surface area contributed by atoms with Gasteiger partial charge in [-0.05, 0) is 15.9 Å². The van der Waals surface area contributed by atoms with Gasteiger partial charge in [0.05, 0.1) is 17.2 Å². The number of hydrogen-bond donors (Lipinski definition) is 2. The molecular weight excluding hydrogens is 297 g/mol. The molecule has 1 aromatic rings. The molecule has 3 N–H and O–H groups in total. The summed E-state index contributed by atoms with van der Waals surface area (Å²) < 4.78 is 20.3. The van der Waals surface area contributed by atoms with Crippen LogP contribution in [0.2, 0.25) is 0 Å². The maximum Gasteiger partial charge on any atom is 0.351 e. The predicted molar refractivity (Wildman–Crippen MR) is 61.1 cm³/mol. The van der Waals surface area contributed by atoms with Gasteiger partial charge in [-0.25, -0.2) is 9.18 Å². The first kappa shape index (κ1) is 12.5. The van der Waals surface area contributed by atoms with Crippen molar-refractivity contribution in [1.29, 1.82) is 0 Å². The van der Waals surface area contributed by atoms with Crippen LogP contribution in [0, 0.1) is 0 Å². The van der Waals surface area contributed by atoms with Crippen LogP contribution in [0.15, 0.2) is 15.5 Å².